The highest BCUT2D eigenvalue weighted by Crippen LogP contribution is 2.34. The summed E-state index contributed by atoms with van der Waals surface area (Å²) in [4.78, 5) is 0. The fourth-order valence-corrected chi connectivity index (χ4v) is 1.62. The van der Waals surface area contributed by atoms with Crippen LogP contribution in [0.2, 0.25) is 0 Å². The zero-order valence-corrected chi connectivity index (χ0v) is 9.19. The topological polar surface area (TPSA) is 38.7 Å². The van der Waals surface area contributed by atoms with Crippen LogP contribution in [0.3, 0.4) is 0 Å². The lowest BCUT2D eigenvalue weighted by atomic mass is 10.0. The molecule has 1 atom stereocenters. The highest BCUT2D eigenvalue weighted by atomic mass is 16.7. The monoisotopic (exact) mass is 218 g/mol. The first kappa shape index (κ1) is 10.8. The predicted molar refractivity (Wildman–Crippen MR) is 60.2 cm³/mol. The second-order valence-electron chi connectivity index (χ2n) is 3.59. The van der Waals surface area contributed by atoms with E-state index in [1.54, 1.807) is 6.92 Å². The highest BCUT2D eigenvalue weighted by Gasteiger charge is 2.16. The molecule has 1 aliphatic heterocycles. The van der Waals surface area contributed by atoms with Crippen LogP contribution in [-0.2, 0) is 0 Å². The maximum absolute atomic E-state index is 9.91. The molecule has 1 aromatic rings. The normalized spacial score (nSPS) is 14.1. The third-order valence-electron chi connectivity index (χ3n) is 2.50. The highest BCUT2D eigenvalue weighted by molar-refractivity contribution is 5.45. The quantitative estimate of drug-likeness (QED) is 0.791. The van der Waals surface area contributed by atoms with Gasteiger partial charge in [0.25, 0.3) is 0 Å². The van der Waals surface area contributed by atoms with Crippen molar-refractivity contribution in [1.29, 1.82) is 0 Å². The first-order valence-corrected chi connectivity index (χ1v) is 5.28. The Bertz CT molecular complexity index is 429. The summed E-state index contributed by atoms with van der Waals surface area (Å²) in [5, 5.41) is 9.91. The van der Waals surface area contributed by atoms with Crippen LogP contribution in [0, 0.1) is 11.8 Å². The maximum Gasteiger partial charge on any atom is 0.231 e. The van der Waals surface area contributed by atoms with E-state index in [1.807, 2.05) is 18.2 Å². The first-order chi connectivity index (χ1) is 7.81. The number of hydrogen-bond acceptors (Lipinski definition) is 3. The molecule has 0 saturated carbocycles. The first-order valence-electron chi connectivity index (χ1n) is 5.28. The van der Waals surface area contributed by atoms with E-state index in [0.717, 1.165) is 11.3 Å². The molecule has 1 N–H and O–H groups in total. The molecule has 0 spiro atoms. The zero-order chi connectivity index (χ0) is 11.4. The molecule has 3 nitrogen and oxygen atoms in total. The van der Waals surface area contributed by atoms with Gasteiger partial charge in [-0.15, -0.1) is 11.8 Å². The Hall–Kier alpha value is -1.66. The van der Waals surface area contributed by atoms with Crippen molar-refractivity contribution in [2.45, 2.75) is 25.9 Å². The van der Waals surface area contributed by atoms with Gasteiger partial charge in [-0.25, -0.2) is 0 Å². The Labute approximate surface area is 95.0 Å². The lowest BCUT2D eigenvalue weighted by Crippen LogP contribution is -1.96. The van der Waals surface area contributed by atoms with Gasteiger partial charge < -0.3 is 14.6 Å². The minimum atomic E-state index is -0.490. The Morgan fingerprint density at radius 2 is 2.19 bits per heavy atom. The van der Waals surface area contributed by atoms with Gasteiger partial charge in [-0.05, 0) is 31.0 Å². The molecular formula is C13H14O3. The molecule has 0 amide bonds. The smallest absolute Gasteiger partial charge is 0.231 e. The number of hydrogen-bond donors (Lipinski definition) is 1. The molecule has 1 unspecified atom stereocenters. The van der Waals surface area contributed by atoms with Crippen molar-refractivity contribution in [1.82, 2.24) is 0 Å². The average Bonchev–Trinajstić information content (AvgIpc) is 2.76. The van der Waals surface area contributed by atoms with Crippen LogP contribution in [0.1, 0.15) is 31.4 Å². The van der Waals surface area contributed by atoms with Gasteiger partial charge in [0.15, 0.2) is 11.5 Å². The standard InChI is InChI=1S/C13H14O3/c1-2-3-4-5-11(14)10-6-7-12-13(8-10)16-9-15-12/h6-8,11,14H,4-5,9H2,1H3. The molecule has 1 aromatic carbocycles. The summed E-state index contributed by atoms with van der Waals surface area (Å²) in [6.07, 6.45) is 0.849. The van der Waals surface area contributed by atoms with Crippen molar-refractivity contribution in [3.63, 3.8) is 0 Å². The van der Waals surface area contributed by atoms with Crippen molar-refractivity contribution < 1.29 is 14.6 Å². The van der Waals surface area contributed by atoms with Crippen LogP contribution in [0.4, 0.5) is 0 Å². The average molecular weight is 218 g/mol. The number of aliphatic hydroxyl groups excluding tert-OH is 1. The summed E-state index contributed by atoms with van der Waals surface area (Å²) in [6, 6.07) is 5.51. The van der Waals surface area contributed by atoms with Gasteiger partial charge in [-0.1, -0.05) is 6.07 Å². The summed E-state index contributed by atoms with van der Waals surface area (Å²) in [7, 11) is 0. The van der Waals surface area contributed by atoms with Crippen LogP contribution >= 0.6 is 0 Å². The Kier molecular flexibility index (Phi) is 3.33. The molecule has 0 aliphatic carbocycles. The van der Waals surface area contributed by atoms with Crippen LogP contribution in [0.5, 0.6) is 11.5 Å². The predicted octanol–water partition coefficient (Wildman–Crippen LogP) is 2.25. The minimum absolute atomic E-state index is 0.260. The van der Waals surface area contributed by atoms with Gasteiger partial charge in [0.2, 0.25) is 6.79 Å². The second-order valence-corrected chi connectivity index (χ2v) is 3.59. The molecule has 1 aliphatic rings. The van der Waals surface area contributed by atoms with E-state index in [1.165, 1.54) is 0 Å². The Balaban J connectivity index is 2.05. The van der Waals surface area contributed by atoms with Crippen LogP contribution in [-0.4, -0.2) is 11.9 Å². The molecule has 2 rings (SSSR count). The van der Waals surface area contributed by atoms with Gasteiger partial charge in [-0.3, -0.25) is 0 Å². The zero-order valence-electron chi connectivity index (χ0n) is 9.19. The number of benzene rings is 1. The van der Waals surface area contributed by atoms with Gasteiger partial charge >= 0.3 is 0 Å². The fourth-order valence-electron chi connectivity index (χ4n) is 1.62. The summed E-state index contributed by atoms with van der Waals surface area (Å²) < 4.78 is 10.5. The van der Waals surface area contributed by atoms with Crippen LogP contribution in [0.25, 0.3) is 0 Å². The van der Waals surface area contributed by atoms with E-state index in [0.29, 0.717) is 18.6 Å². The van der Waals surface area contributed by atoms with E-state index in [2.05, 4.69) is 11.8 Å². The van der Waals surface area contributed by atoms with Gasteiger partial charge in [0.05, 0.1) is 6.10 Å². The summed E-state index contributed by atoms with van der Waals surface area (Å²) in [5.41, 5.74) is 0.849. The largest absolute Gasteiger partial charge is 0.454 e. The summed E-state index contributed by atoms with van der Waals surface area (Å²) in [5.74, 6) is 7.19. The molecular weight excluding hydrogens is 204 g/mol. The van der Waals surface area contributed by atoms with E-state index in [-0.39, 0.29) is 6.79 Å². The molecule has 0 aromatic heterocycles. The van der Waals surface area contributed by atoms with E-state index < -0.39 is 6.10 Å². The lowest BCUT2D eigenvalue weighted by Gasteiger charge is -2.09. The SMILES string of the molecule is CC#CCCC(O)c1ccc2c(c1)OCO2. The number of rotatable bonds is 3. The van der Waals surface area contributed by atoms with Gasteiger partial charge in [-0.2, -0.15) is 0 Å². The number of ether oxygens (including phenoxy) is 2. The fraction of sp³-hybridized carbons (Fsp3) is 0.385. The summed E-state index contributed by atoms with van der Waals surface area (Å²) >= 11 is 0. The van der Waals surface area contributed by atoms with E-state index >= 15 is 0 Å². The van der Waals surface area contributed by atoms with Crippen molar-refractivity contribution in [2.24, 2.45) is 0 Å². The van der Waals surface area contributed by atoms with Crippen LogP contribution < -0.4 is 9.47 Å². The Morgan fingerprint density at radius 3 is 3.00 bits per heavy atom. The molecule has 0 radical (unpaired) electrons. The van der Waals surface area contributed by atoms with Crippen molar-refractivity contribution >= 4 is 0 Å². The third-order valence-corrected chi connectivity index (χ3v) is 2.50. The number of fused-ring (bicyclic) bond motifs is 1. The second kappa shape index (κ2) is 4.91. The molecule has 84 valence electrons. The van der Waals surface area contributed by atoms with Crippen LogP contribution in [0.15, 0.2) is 18.2 Å². The molecule has 16 heavy (non-hydrogen) atoms. The van der Waals surface area contributed by atoms with E-state index in [9.17, 15) is 5.11 Å². The molecule has 0 saturated heterocycles. The Morgan fingerprint density at radius 1 is 1.38 bits per heavy atom. The van der Waals surface area contributed by atoms with E-state index in [4.69, 9.17) is 9.47 Å². The van der Waals surface area contributed by atoms with Crippen molar-refractivity contribution in [2.75, 3.05) is 6.79 Å². The third kappa shape index (κ3) is 2.29. The molecule has 0 bridgehead atoms. The number of aliphatic hydroxyl groups is 1. The minimum Gasteiger partial charge on any atom is -0.454 e. The lowest BCUT2D eigenvalue weighted by molar-refractivity contribution is 0.167. The van der Waals surface area contributed by atoms with Crippen molar-refractivity contribution in [3.05, 3.63) is 23.8 Å². The summed E-state index contributed by atoms with van der Waals surface area (Å²) in [6.45, 7) is 2.06. The maximum atomic E-state index is 9.91. The molecule has 1 heterocycles. The van der Waals surface area contributed by atoms with Crippen molar-refractivity contribution in [3.8, 4) is 23.3 Å². The molecule has 3 heteroatoms. The molecule has 0 fully saturated rings. The van der Waals surface area contributed by atoms with Gasteiger partial charge in [0.1, 0.15) is 0 Å². The van der Waals surface area contributed by atoms with Gasteiger partial charge in [0, 0.05) is 6.42 Å².